The molecule has 1 amide bonds. The summed E-state index contributed by atoms with van der Waals surface area (Å²) in [7, 11) is 0. The van der Waals surface area contributed by atoms with Gasteiger partial charge >= 0.3 is 0 Å². The highest BCUT2D eigenvalue weighted by molar-refractivity contribution is 7.99. The fourth-order valence-electron chi connectivity index (χ4n) is 2.01. The first-order valence-electron chi connectivity index (χ1n) is 5.71. The lowest BCUT2D eigenvalue weighted by molar-refractivity contribution is -0.109. The Morgan fingerprint density at radius 1 is 1.11 bits per heavy atom. The predicted molar refractivity (Wildman–Crippen MR) is 73.2 cm³/mol. The standard InChI is InChI=1S/C14H12N2OS/c17-9-15-8-10-4-3-7-13-14(10)16-11-5-1-2-6-12(11)18-13/h1-7,9,16H,8H2,(H,15,17). The summed E-state index contributed by atoms with van der Waals surface area (Å²) >= 11 is 1.75. The van der Waals surface area contributed by atoms with Crippen molar-refractivity contribution in [3.8, 4) is 0 Å². The first kappa shape index (κ1) is 11.2. The summed E-state index contributed by atoms with van der Waals surface area (Å²) in [4.78, 5) is 12.8. The van der Waals surface area contributed by atoms with Gasteiger partial charge in [0, 0.05) is 16.3 Å². The van der Waals surface area contributed by atoms with Crippen LogP contribution in [-0.4, -0.2) is 6.41 Å². The molecule has 1 aliphatic rings. The first-order valence-corrected chi connectivity index (χ1v) is 6.53. The molecule has 18 heavy (non-hydrogen) atoms. The Kier molecular flexibility index (Phi) is 2.94. The van der Waals surface area contributed by atoms with Crippen molar-refractivity contribution in [3.05, 3.63) is 48.0 Å². The van der Waals surface area contributed by atoms with E-state index >= 15 is 0 Å². The average Bonchev–Trinajstić information content (AvgIpc) is 2.43. The van der Waals surface area contributed by atoms with Crippen LogP contribution in [0.2, 0.25) is 0 Å². The molecule has 2 aromatic rings. The van der Waals surface area contributed by atoms with Crippen LogP contribution in [0.5, 0.6) is 0 Å². The topological polar surface area (TPSA) is 41.1 Å². The van der Waals surface area contributed by atoms with Crippen molar-refractivity contribution in [3.63, 3.8) is 0 Å². The quantitative estimate of drug-likeness (QED) is 0.707. The number of carbonyl (C=O) groups excluding carboxylic acids is 1. The van der Waals surface area contributed by atoms with Gasteiger partial charge in [0.15, 0.2) is 0 Å². The van der Waals surface area contributed by atoms with Gasteiger partial charge in [0.25, 0.3) is 0 Å². The summed E-state index contributed by atoms with van der Waals surface area (Å²) < 4.78 is 0. The van der Waals surface area contributed by atoms with Gasteiger partial charge in [0.2, 0.25) is 6.41 Å². The molecule has 1 aliphatic heterocycles. The third-order valence-corrected chi connectivity index (χ3v) is 3.99. The van der Waals surface area contributed by atoms with Crippen LogP contribution in [0.3, 0.4) is 0 Å². The minimum atomic E-state index is 0.544. The SMILES string of the molecule is O=CNCc1cccc2c1Nc1ccccc1S2. The highest BCUT2D eigenvalue weighted by Crippen LogP contribution is 2.45. The largest absolute Gasteiger partial charge is 0.355 e. The molecule has 0 saturated heterocycles. The van der Waals surface area contributed by atoms with Gasteiger partial charge < -0.3 is 10.6 Å². The summed E-state index contributed by atoms with van der Waals surface area (Å²) in [6.45, 7) is 0.544. The van der Waals surface area contributed by atoms with Gasteiger partial charge in [0.1, 0.15) is 0 Å². The van der Waals surface area contributed by atoms with Gasteiger partial charge in [0.05, 0.1) is 11.4 Å². The smallest absolute Gasteiger partial charge is 0.207 e. The van der Waals surface area contributed by atoms with Crippen LogP contribution in [0.1, 0.15) is 5.56 Å². The molecule has 0 radical (unpaired) electrons. The number of benzene rings is 2. The minimum Gasteiger partial charge on any atom is -0.355 e. The molecule has 2 N–H and O–H groups in total. The van der Waals surface area contributed by atoms with Crippen LogP contribution in [0.15, 0.2) is 52.3 Å². The first-order chi connectivity index (χ1) is 8.88. The Bertz CT molecular complexity index is 598. The second-order valence-corrected chi connectivity index (χ2v) is 5.10. The molecule has 2 aromatic carbocycles. The van der Waals surface area contributed by atoms with Crippen LogP contribution >= 0.6 is 11.8 Å². The van der Waals surface area contributed by atoms with E-state index in [-0.39, 0.29) is 0 Å². The van der Waals surface area contributed by atoms with Crippen molar-refractivity contribution >= 4 is 29.5 Å². The number of carbonyl (C=O) groups is 1. The maximum Gasteiger partial charge on any atom is 0.207 e. The van der Waals surface area contributed by atoms with E-state index in [1.54, 1.807) is 11.8 Å². The van der Waals surface area contributed by atoms with Gasteiger partial charge in [-0.05, 0) is 23.8 Å². The fraction of sp³-hybridized carbons (Fsp3) is 0.0714. The van der Waals surface area contributed by atoms with Crippen LogP contribution in [-0.2, 0) is 11.3 Å². The van der Waals surface area contributed by atoms with E-state index in [0.717, 1.165) is 23.3 Å². The summed E-state index contributed by atoms with van der Waals surface area (Å²) in [6.07, 6.45) is 0.726. The number of fused-ring (bicyclic) bond motifs is 2. The zero-order chi connectivity index (χ0) is 12.4. The molecule has 0 aliphatic carbocycles. The zero-order valence-corrected chi connectivity index (χ0v) is 10.5. The van der Waals surface area contributed by atoms with Crippen LogP contribution in [0, 0.1) is 0 Å². The predicted octanol–water partition coefficient (Wildman–Crippen LogP) is 3.14. The molecule has 1 heterocycles. The minimum absolute atomic E-state index is 0.544. The molecule has 90 valence electrons. The van der Waals surface area contributed by atoms with E-state index in [1.807, 2.05) is 24.3 Å². The van der Waals surface area contributed by atoms with E-state index in [0.29, 0.717) is 6.54 Å². The van der Waals surface area contributed by atoms with Crippen molar-refractivity contribution in [2.24, 2.45) is 0 Å². The number of rotatable bonds is 3. The van der Waals surface area contributed by atoms with Gasteiger partial charge in [-0.3, -0.25) is 4.79 Å². The normalized spacial score (nSPS) is 12.0. The third-order valence-electron chi connectivity index (χ3n) is 2.86. The average molecular weight is 256 g/mol. The second-order valence-electron chi connectivity index (χ2n) is 4.01. The molecular weight excluding hydrogens is 244 g/mol. The molecule has 0 spiro atoms. The lowest BCUT2D eigenvalue weighted by Gasteiger charge is -2.23. The molecule has 0 saturated carbocycles. The number of anilines is 2. The third kappa shape index (κ3) is 1.95. The molecule has 0 aromatic heterocycles. The molecule has 0 unspecified atom stereocenters. The number of para-hydroxylation sites is 2. The molecular formula is C14H12N2OS. The second kappa shape index (κ2) is 4.74. The van der Waals surface area contributed by atoms with E-state index < -0.39 is 0 Å². The highest BCUT2D eigenvalue weighted by atomic mass is 32.2. The Balaban J connectivity index is 1.99. The Morgan fingerprint density at radius 2 is 1.94 bits per heavy atom. The molecule has 3 nitrogen and oxygen atoms in total. The molecule has 4 heteroatoms. The van der Waals surface area contributed by atoms with Crippen molar-refractivity contribution in [1.29, 1.82) is 0 Å². The number of nitrogens with one attached hydrogen (secondary N) is 2. The highest BCUT2D eigenvalue weighted by Gasteiger charge is 2.17. The molecule has 3 rings (SSSR count). The molecule has 0 atom stereocenters. The van der Waals surface area contributed by atoms with Crippen LogP contribution in [0.25, 0.3) is 0 Å². The Morgan fingerprint density at radius 3 is 2.83 bits per heavy atom. The van der Waals surface area contributed by atoms with E-state index in [9.17, 15) is 4.79 Å². The van der Waals surface area contributed by atoms with Crippen molar-refractivity contribution in [2.45, 2.75) is 16.3 Å². The van der Waals surface area contributed by atoms with Gasteiger partial charge in [-0.2, -0.15) is 0 Å². The van der Waals surface area contributed by atoms with Crippen LogP contribution < -0.4 is 10.6 Å². The van der Waals surface area contributed by atoms with Gasteiger partial charge in [-0.15, -0.1) is 0 Å². The van der Waals surface area contributed by atoms with Crippen molar-refractivity contribution in [1.82, 2.24) is 5.32 Å². The molecule has 0 fully saturated rings. The van der Waals surface area contributed by atoms with Crippen molar-refractivity contribution < 1.29 is 4.79 Å². The maximum atomic E-state index is 10.4. The van der Waals surface area contributed by atoms with Gasteiger partial charge in [-0.25, -0.2) is 0 Å². The molecule has 0 bridgehead atoms. The maximum absolute atomic E-state index is 10.4. The zero-order valence-electron chi connectivity index (χ0n) is 9.64. The van der Waals surface area contributed by atoms with E-state index in [2.05, 4.69) is 28.8 Å². The lowest BCUT2D eigenvalue weighted by Crippen LogP contribution is -2.12. The summed E-state index contributed by atoms with van der Waals surface area (Å²) in [5.74, 6) is 0. The number of amides is 1. The van der Waals surface area contributed by atoms with Crippen molar-refractivity contribution in [2.75, 3.05) is 5.32 Å². The van der Waals surface area contributed by atoms with E-state index in [1.165, 1.54) is 9.79 Å². The number of hydrogen-bond donors (Lipinski definition) is 2. The summed E-state index contributed by atoms with van der Waals surface area (Å²) in [5.41, 5.74) is 3.31. The summed E-state index contributed by atoms with van der Waals surface area (Å²) in [6, 6.07) is 14.4. The van der Waals surface area contributed by atoms with Gasteiger partial charge in [-0.1, -0.05) is 36.0 Å². The Hall–Kier alpha value is -1.94. The monoisotopic (exact) mass is 256 g/mol. The number of hydrogen-bond acceptors (Lipinski definition) is 3. The van der Waals surface area contributed by atoms with E-state index in [4.69, 9.17) is 0 Å². The Labute approximate surface area is 110 Å². The lowest BCUT2D eigenvalue weighted by atomic mass is 10.1. The summed E-state index contributed by atoms with van der Waals surface area (Å²) in [5, 5.41) is 6.15. The van der Waals surface area contributed by atoms with Crippen LogP contribution in [0.4, 0.5) is 11.4 Å². The fourth-order valence-corrected chi connectivity index (χ4v) is 3.06.